The Hall–Kier alpha value is 0.150. The zero-order valence-corrected chi connectivity index (χ0v) is 6.99. The van der Waals surface area contributed by atoms with Crippen LogP contribution in [0.4, 0.5) is 4.39 Å². The minimum Gasteiger partial charge on any atom is -0.247 e. The molecule has 0 saturated heterocycles. The van der Waals surface area contributed by atoms with Crippen molar-refractivity contribution in [2.75, 3.05) is 0 Å². The van der Waals surface area contributed by atoms with E-state index in [0.717, 1.165) is 10.9 Å². The first-order valence-corrected chi connectivity index (χ1v) is 3.98. The Balaban J connectivity index is 2.54. The highest BCUT2D eigenvalue weighted by atomic mass is 79.9. The fourth-order valence-corrected chi connectivity index (χ4v) is 1.43. The Labute approximate surface area is 63.3 Å². The summed E-state index contributed by atoms with van der Waals surface area (Å²) in [7, 11) is 0. The van der Waals surface area contributed by atoms with Crippen molar-refractivity contribution < 1.29 is 4.39 Å². The second kappa shape index (κ2) is 2.82. The molecule has 0 fully saturated rings. The zero-order chi connectivity index (χ0) is 6.85. The summed E-state index contributed by atoms with van der Waals surface area (Å²) in [5.41, 5.74) is 0. The maximum absolute atomic E-state index is 12.8. The first-order valence-electron chi connectivity index (χ1n) is 3.18. The van der Waals surface area contributed by atoms with Gasteiger partial charge in [-0.3, -0.25) is 0 Å². The van der Waals surface area contributed by atoms with Gasteiger partial charge >= 0.3 is 0 Å². The van der Waals surface area contributed by atoms with E-state index in [1.807, 2.05) is 6.92 Å². The molecule has 0 aromatic heterocycles. The highest BCUT2D eigenvalue weighted by Gasteiger charge is 2.19. The lowest BCUT2D eigenvalue weighted by atomic mass is 9.95. The molecule has 2 atom stereocenters. The van der Waals surface area contributed by atoms with Gasteiger partial charge in [0.25, 0.3) is 0 Å². The van der Waals surface area contributed by atoms with Crippen molar-refractivity contribution in [1.82, 2.24) is 0 Å². The Morgan fingerprint density at radius 2 is 2.44 bits per heavy atom. The quantitative estimate of drug-likeness (QED) is 0.554. The van der Waals surface area contributed by atoms with Crippen LogP contribution in [0.3, 0.4) is 0 Å². The molecule has 0 N–H and O–H groups in total. The molecular weight excluding hydrogens is 183 g/mol. The summed E-state index contributed by atoms with van der Waals surface area (Å²) in [4.78, 5) is 0. The maximum atomic E-state index is 12.8. The van der Waals surface area contributed by atoms with Gasteiger partial charge in [0.2, 0.25) is 0 Å². The second-order valence-corrected chi connectivity index (χ2v) is 3.60. The van der Waals surface area contributed by atoms with Gasteiger partial charge in [-0.05, 0) is 16.8 Å². The Morgan fingerprint density at radius 1 is 1.78 bits per heavy atom. The summed E-state index contributed by atoms with van der Waals surface area (Å²) >= 11 is 3.28. The predicted molar refractivity (Wildman–Crippen MR) is 40.3 cm³/mol. The van der Waals surface area contributed by atoms with Crippen molar-refractivity contribution in [3.8, 4) is 0 Å². The Kier molecular flexibility index (Phi) is 2.28. The lowest BCUT2D eigenvalue weighted by Crippen LogP contribution is -2.15. The van der Waals surface area contributed by atoms with Gasteiger partial charge in [-0.1, -0.05) is 28.9 Å². The smallest absolute Gasteiger partial charge is 0.107 e. The van der Waals surface area contributed by atoms with E-state index < -0.39 is 6.17 Å². The van der Waals surface area contributed by atoms with Crippen LogP contribution >= 0.6 is 15.9 Å². The average molecular weight is 193 g/mol. The normalized spacial score (nSPS) is 36.1. The molecule has 0 heterocycles. The molecule has 52 valence electrons. The molecule has 2 heteroatoms. The number of rotatable bonds is 0. The van der Waals surface area contributed by atoms with Crippen LogP contribution in [0.1, 0.15) is 19.8 Å². The second-order valence-electron chi connectivity index (χ2n) is 2.58. The summed E-state index contributed by atoms with van der Waals surface area (Å²) in [5.74, 6) is 0.214. The van der Waals surface area contributed by atoms with Gasteiger partial charge < -0.3 is 0 Å². The van der Waals surface area contributed by atoms with E-state index in [9.17, 15) is 4.39 Å². The summed E-state index contributed by atoms with van der Waals surface area (Å²) in [6.45, 7) is 1.95. The molecule has 0 aliphatic heterocycles. The summed E-state index contributed by atoms with van der Waals surface area (Å²) < 4.78 is 13.8. The van der Waals surface area contributed by atoms with Crippen molar-refractivity contribution >= 4 is 15.9 Å². The fourth-order valence-electron chi connectivity index (χ4n) is 0.932. The molecule has 0 bridgehead atoms. The SMILES string of the molecule is C[C@@H]1CC=C(Br)CC1F. The van der Waals surface area contributed by atoms with Crippen LogP contribution in [0.2, 0.25) is 0 Å². The van der Waals surface area contributed by atoms with Crippen LogP contribution in [-0.2, 0) is 0 Å². The summed E-state index contributed by atoms with van der Waals surface area (Å²) in [6.07, 6.45) is 2.87. The van der Waals surface area contributed by atoms with Crippen molar-refractivity contribution in [3.63, 3.8) is 0 Å². The lowest BCUT2D eigenvalue weighted by Gasteiger charge is -2.19. The van der Waals surface area contributed by atoms with Crippen LogP contribution in [0.15, 0.2) is 10.6 Å². The third-order valence-electron chi connectivity index (χ3n) is 1.72. The monoisotopic (exact) mass is 192 g/mol. The molecular formula is C7H10BrF. The van der Waals surface area contributed by atoms with Gasteiger partial charge in [0, 0.05) is 6.42 Å². The van der Waals surface area contributed by atoms with Crippen molar-refractivity contribution in [2.45, 2.75) is 25.9 Å². The van der Waals surface area contributed by atoms with Crippen LogP contribution in [0.5, 0.6) is 0 Å². The van der Waals surface area contributed by atoms with E-state index in [2.05, 4.69) is 22.0 Å². The van der Waals surface area contributed by atoms with Crippen LogP contribution in [0.25, 0.3) is 0 Å². The van der Waals surface area contributed by atoms with Gasteiger partial charge in [0.1, 0.15) is 6.17 Å². The van der Waals surface area contributed by atoms with Crippen molar-refractivity contribution in [2.24, 2.45) is 5.92 Å². The third-order valence-corrected chi connectivity index (χ3v) is 2.37. The number of hydrogen-bond donors (Lipinski definition) is 0. The van der Waals surface area contributed by atoms with Crippen molar-refractivity contribution in [3.05, 3.63) is 10.6 Å². The Morgan fingerprint density at radius 3 is 2.89 bits per heavy atom. The van der Waals surface area contributed by atoms with Crippen LogP contribution < -0.4 is 0 Å². The minimum atomic E-state index is -0.635. The molecule has 9 heavy (non-hydrogen) atoms. The van der Waals surface area contributed by atoms with E-state index in [1.165, 1.54) is 0 Å². The standard InChI is InChI=1S/C7H10BrF/c1-5-2-3-6(8)4-7(5)9/h3,5,7H,2,4H2,1H3/t5-,7?/m1/s1. The molecule has 1 aliphatic rings. The molecule has 1 unspecified atom stereocenters. The number of allylic oxidation sites excluding steroid dienone is 2. The average Bonchev–Trinajstić information content (AvgIpc) is 1.80. The molecule has 0 nitrogen and oxygen atoms in total. The number of alkyl halides is 1. The van der Waals surface area contributed by atoms with Gasteiger partial charge in [-0.2, -0.15) is 0 Å². The first kappa shape index (κ1) is 7.26. The van der Waals surface area contributed by atoms with Crippen LogP contribution in [-0.4, -0.2) is 6.17 Å². The third kappa shape index (κ3) is 1.78. The van der Waals surface area contributed by atoms with Gasteiger partial charge in [-0.25, -0.2) is 4.39 Å². The van der Waals surface area contributed by atoms with E-state index in [0.29, 0.717) is 6.42 Å². The highest BCUT2D eigenvalue weighted by molar-refractivity contribution is 9.11. The van der Waals surface area contributed by atoms with E-state index in [4.69, 9.17) is 0 Å². The van der Waals surface area contributed by atoms with Gasteiger partial charge in [0.15, 0.2) is 0 Å². The predicted octanol–water partition coefficient (Wildman–Crippen LogP) is 3.03. The van der Waals surface area contributed by atoms with E-state index >= 15 is 0 Å². The lowest BCUT2D eigenvalue weighted by molar-refractivity contribution is 0.235. The summed E-state index contributed by atoms with van der Waals surface area (Å²) in [5, 5.41) is 0. The van der Waals surface area contributed by atoms with E-state index in [-0.39, 0.29) is 5.92 Å². The molecule has 0 radical (unpaired) electrons. The molecule has 0 aromatic rings. The van der Waals surface area contributed by atoms with Gasteiger partial charge in [0.05, 0.1) is 0 Å². The summed E-state index contributed by atoms with van der Waals surface area (Å²) in [6, 6.07) is 0. The van der Waals surface area contributed by atoms with Gasteiger partial charge in [-0.15, -0.1) is 0 Å². The molecule has 1 rings (SSSR count). The molecule has 1 aliphatic carbocycles. The fraction of sp³-hybridized carbons (Fsp3) is 0.714. The molecule has 0 saturated carbocycles. The zero-order valence-electron chi connectivity index (χ0n) is 5.40. The number of hydrogen-bond acceptors (Lipinski definition) is 0. The first-order chi connectivity index (χ1) is 4.20. The topological polar surface area (TPSA) is 0 Å². The largest absolute Gasteiger partial charge is 0.247 e. The molecule has 0 amide bonds. The molecule has 0 spiro atoms. The van der Waals surface area contributed by atoms with Crippen molar-refractivity contribution in [1.29, 1.82) is 0 Å². The van der Waals surface area contributed by atoms with E-state index in [1.54, 1.807) is 0 Å². The highest BCUT2D eigenvalue weighted by Crippen LogP contribution is 2.28. The molecule has 0 aromatic carbocycles. The minimum absolute atomic E-state index is 0.214. The maximum Gasteiger partial charge on any atom is 0.107 e. The Bertz CT molecular complexity index is 131. The van der Waals surface area contributed by atoms with Crippen LogP contribution in [0, 0.1) is 5.92 Å². The number of halogens is 2.